The molecule has 4 heteroatoms. The van der Waals surface area contributed by atoms with Crippen molar-refractivity contribution < 1.29 is 4.74 Å². The molecule has 1 heterocycles. The molecule has 0 spiro atoms. The average molecular weight is 339 g/mol. The number of hydrogen-bond acceptors (Lipinski definition) is 3. The second kappa shape index (κ2) is 6.04. The molecule has 1 saturated carbocycles. The molecule has 20 heavy (non-hydrogen) atoms. The molecule has 3 rings (SSSR count). The highest BCUT2D eigenvalue weighted by molar-refractivity contribution is 9.10. The van der Waals surface area contributed by atoms with Crippen molar-refractivity contribution in [1.82, 2.24) is 10.2 Å². The van der Waals surface area contributed by atoms with Crippen molar-refractivity contribution in [2.45, 2.75) is 38.4 Å². The lowest BCUT2D eigenvalue weighted by atomic mass is 10.0. The van der Waals surface area contributed by atoms with Crippen molar-refractivity contribution >= 4 is 15.9 Å². The third-order valence-electron chi connectivity index (χ3n) is 4.42. The van der Waals surface area contributed by atoms with Gasteiger partial charge in [-0.1, -0.05) is 6.07 Å². The van der Waals surface area contributed by atoms with E-state index in [-0.39, 0.29) is 0 Å². The van der Waals surface area contributed by atoms with E-state index >= 15 is 0 Å². The molecule has 0 amide bonds. The van der Waals surface area contributed by atoms with E-state index in [1.807, 2.05) is 0 Å². The predicted octanol–water partition coefficient (Wildman–Crippen LogP) is 3.03. The zero-order valence-electron chi connectivity index (χ0n) is 12.2. The maximum Gasteiger partial charge on any atom is 0.133 e. The van der Waals surface area contributed by atoms with Crippen LogP contribution in [-0.4, -0.2) is 37.2 Å². The number of rotatable bonds is 4. The summed E-state index contributed by atoms with van der Waals surface area (Å²) in [6, 6.07) is 7.73. The van der Waals surface area contributed by atoms with Crippen molar-refractivity contribution in [2.24, 2.45) is 5.92 Å². The standard InChI is InChI=1S/C16H23BrN2O/c1-11-9-19(15(8-18-11)13-4-5-13)10-12-3-6-16(20-2)14(17)7-12/h3,6-7,11,13,15,18H,4-5,8-10H2,1-2H3. The number of nitrogens with one attached hydrogen (secondary N) is 1. The Hall–Kier alpha value is -0.580. The number of hydrogen-bond donors (Lipinski definition) is 1. The van der Waals surface area contributed by atoms with Gasteiger partial charge in [-0.25, -0.2) is 0 Å². The zero-order chi connectivity index (χ0) is 14.1. The van der Waals surface area contributed by atoms with Gasteiger partial charge in [0, 0.05) is 31.7 Å². The molecule has 1 N–H and O–H groups in total. The average Bonchev–Trinajstić information content (AvgIpc) is 3.23. The van der Waals surface area contributed by atoms with Gasteiger partial charge in [0.2, 0.25) is 0 Å². The van der Waals surface area contributed by atoms with Crippen LogP contribution in [0.1, 0.15) is 25.3 Å². The topological polar surface area (TPSA) is 24.5 Å². The van der Waals surface area contributed by atoms with E-state index in [2.05, 4.69) is 51.3 Å². The number of benzene rings is 1. The molecule has 2 atom stereocenters. The monoisotopic (exact) mass is 338 g/mol. The van der Waals surface area contributed by atoms with E-state index < -0.39 is 0 Å². The van der Waals surface area contributed by atoms with Gasteiger partial charge >= 0.3 is 0 Å². The first kappa shape index (κ1) is 14.4. The van der Waals surface area contributed by atoms with E-state index in [4.69, 9.17) is 4.74 Å². The quantitative estimate of drug-likeness (QED) is 0.913. The number of halogens is 1. The first-order chi connectivity index (χ1) is 9.67. The number of piperazine rings is 1. The molecule has 0 aromatic heterocycles. The summed E-state index contributed by atoms with van der Waals surface area (Å²) >= 11 is 3.58. The molecular formula is C16H23BrN2O. The van der Waals surface area contributed by atoms with Crippen LogP contribution < -0.4 is 10.1 Å². The minimum absolute atomic E-state index is 0.590. The summed E-state index contributed by atoms with van der Waals surface area (Å²) < 4.78 is 6.35. The van der Waals surface area contributed by atoms with Gasteiger partial charge in [-0.15, -0.1) is 0 Å². The highest BCUT2D eigenvalue weighted by atomic mass is 79.9. The fraction of sp³-hybridized carbons (Fsp3) is 0.625. The number of ether oxygens (including phenoxy) is 1. The summed E-state index contributed by atoms with van der Waals surface area (Å²) in [5, 5.41) is 3.63. The Labute approximate surface area is 129 Å². The Kier molecular flexibility index (Phi) is 4.34. The first-order valence-electron chi connectivity index (χ1n) is 7.47. The van der Waals surface area contributed by atoms with Crippen LogP contribution >= 0.6 is 15.9 Å². The largest absolute Gasteiger partial charge is 0.496 e. The Morgan fingerprint density at radius 3 is 2.85 bits per heavy atom. The molecule has 110 valence electrons. The van der Waals surface area contributed by atoms with Gasteiger partial charge in [-0.2, -0.15) is 0 Å². The Balaban J connectivity index is 1.72. The van der Waals surface area contributed by atoms with Gasteiger partial charge in [-0.05, 0) is 59.3 Å². The van der Waals surface area contributed by atoms with E-state index in [0.29, 0.717) is 12.1 Å². The molecule has 2 fully saturated rings. The van der Waals surface area contributed by atoms with E-state index in [1.165, 1.54) is 18.4 Å². The minimum Gasteiger partial charge on any atom is -0.496 e. The fourth-order valence-electron chi connectivity index (χ4n) is 3.17. The summed E-state index contributed by atoms with van der Waals surface area (Å²) in [4.78, 5) is 2.66. The smallest absolute Gasteiger partial charge is 0.133 e. The van der Waals surface area contributed by atoms with Gasteiger partial charge in [0.1, 0.15) is 5.75 Å². The molecule has 1 aliphatic heterocycles. The third-order valence-corrected chi connectivity index (χ3v) is 5.04. The lowest BCUT2D eigenvalue weighted by Crippen LogP contribution is -2.55. The highest BCUT2D eigenvalue weighted by Crippen LogP contribution is 2.37. The first-order valence-corrected chi connectivity index (χ1v) is 8.26. The van der Waals surface area contributed by atoms with Gasteiger partial charge in [0.05, 0.1) is 11.6 Å². The van der Waals surface area contributed by atoms with Crippen molar-refractivity contribution in [3.63, 3.8) is 0 Å². The van der Waals surface area contributed by atoms with Crippen molar-refractivity contribution in [2.75, 3.05) is 20.2 Å². The predicted molar refractivity (Wildman–Crippen MR) is 85.1 cm³/mol. The minimum atomic E-state index is 0.590. The van der Waals surface area contributed by atoms with Crippen LogP contribution in [0.15, 0.2) is 22.7 Å². The van der Waals surface area contributed by atoms with Crippen molar-refractivity contribution in [3.05, 3.63) is 28.2 Å². The highest BCUT2D eigenvalue weighted by Gasteiger charge is 2.37. The molecule has 0 radical (unpaired) electrons. The summed E-state index contributed by atoms with van der Waals surface area (Å²) in [7, 11) is 1.71. The lowest BCUT2D eigenvalue weighted by Gasteiger charge is -2.39. The van der Waals surface area contributed by atoms with Crippen molar-refractivity contribution in [1.29, 1.82) is 0 Å². The maximum atomic E-state index is 5.31. The second-order valence-corrected chi connectivity index (χ2v) is 6.97. The fourth-order valence-corrected chi connectivity index (χ4v) is 3.76. The molecule has 1 aromatic rings. The molecule has 1 saturated heterocycles. The Bertz CT molecular complexity index is 476. The SMILES string of the molecule is COc1ccc(CN2CC(C)NCC2C2CC2)cc1Br. The molecule has 2 aliphatic rings. The van der Waals surface area contributed by atoms with Gasteiger partial charge in [-0.3, -0.25) is 4.90 Å². The van der Waals surface area contributed by atoms with Crippen molar-refractivity contribution in [3.8, 4) is 5.75 Å². The zero-order valence-corrected chi connectivity index (χ0v) is 13.8. The summed E-state index contributed by atoms with van der Waals surface area (Å²) in [6.45, 7) is 5.60. The van der Waals surface area contributed by atoms with Crippen LogP contribution in [0.25, 0.3) is 0 Å². The number of methoxy groups -OCH3 is 1. The van der Waals surface area contributed by atoms with Crippen LogP contribution in [0.2, 0.25) is 0 Å². The van der Waals surface area contributed by atoms with Crippen LogP contribution in [-0.2, 0) is 6.54 Å². The Morgan fingerprint density at radius 1 is 1.40 bits per heavy atom. The molecule has 3 nitrogen and oxygen atoms in total. The molecular weight excluding hydrogens is 316 g/mol. The van der Waals surface area contributed by atoms with Gasteiger partial charge < -0.3 is 10.1 Å². The second-order valence-electron chi connectivity index (χ2n) is 6.11. The number of nitrogens with zero attached hydrogens (tertiary/aromatic N) is 1. The van der Waals surface area contributed by atoms with E-state index in [9.17, 15) is 0 Å². The van der Waals surface area contributed by atoms with Crippen LogP contribution in [0.4, 0.5) is 0 Å². The maximum absolute atomic E-state index is 5.31. The van der Waals surface area contributed by atoms with Crippen LogP contribution in [0.5, 0.6) is 5.75 Å². The lowest BCUT2D eigenvalue weighted by molar-refractivity contribution is 0.112. The van der Waals surface area contributed by atoms with Crippen LogP contribution in [0.3, 0.4) is 0 Å². The van der Waals surface area contributed by atoms with Crippen LogP contribution in [0, 0.1) is 5.92 Å². The van der Waals surface area contributed by atoms with Gasteiger partial charge in [0.15, 0.2) is 0 Å². The van der Waals surface area contributed by atoms with E-state index in [0.717, 1.165) is 35.8 Å². The third kappa shape index (κ3) is 3.18. The summed E-state index contributed by atoms with van der Waals surface area (Å²) in [6.07, 6.45) is 2.81. The molecule has 2 unspecified atom stereocenters. The van der Waals surface area contributed by atoms with E-state index in [1.54, 1.807) is 7.11 Å². The Morgan fingerprint density at radius 2 is 2.20 bits per heavy atom. The summed E-state index contributed by atoms with van der Waals surface area (Å²) in [5.41, 5.74) is 1.36. The molecule has 0 bridgehead atoms. The normalized spacial score (nSPS) is 27.6. The molecule has 1 aromatic carbocycles. The summed E-state index contributed by atoms with van der Waals surface area (Å²) in [5.74, 6) is 1.82. The molecule has 1 aliphatic carbocycles. The van der Waals surface area contributed by atoms with Gasteiger partial charge in [0.25, 0.3) is 0 Å².